The number of imidazole rings is 3. The number of aryl methyl sites for hydroxylation is 2. The van der Waals surface area contributed by atoms with Crippen molar-refractivity contribution in [1.82, 2.24) is 64.2 Å². The van der Waals surface area contributed by atoms with E-state index in [1.807, 2.05) is 109 Å². The van der Waals surface area contributed by atoms with Crippen molar-refractivity contribution in [3.63, 3.8) is 0 Å². The van der Waals surface area contributed by atoms with E-state index in [1.165, 1.54) is 64.2 Å². The van der Waals surface area contributed by atoms with Gasteiger partial charge in [0, 0.05) is 127 Å². The second kappa shape index (κ2) is 28.0. The minimum absolute atomic E-state index is 0.0497. The zero-order valence-corrected chi connectivity index (χ0v) is 54.0. The monoisotopic (exact) mass is 1280 g/mol. The fourth-order valence-corrected chi connectivity index (χ4v) is 15.8. The van der Waals surface area contributed by atoms with E-state index in [1.54, 1.807) is 14.4 Å². The summed E-state index contributed by atoms with van der Waals surface area (Å²) in [5.74, 6) is -0.376. The van der Waals surface area contributed by atoms with Crippen molar-refractivity contribution in [3.8, 4) is 11.3 Å². The molecule has 5 aliphatic heterocycles. The lowest BCUT2D eigenvalue weighted by atomic mass is 9.79. The first-order valence-corrected chi connectivity index (χ1v) is 34.1. The quantitative estimate of drug-likeness (QED) is 0.0613. The lowest BCUT2D eigenvalue weighted by Crippen LogP contribution is -2.58. The molecule has 2 saturated carbocycles. The van der Waals surface area contributed by atoms with Crippen LogP contribution >= 0.6 is 0 Å². The molecule has 24 heteroatoms. The molecule has 498 valence electrons. The van der Waals surface area contributed by atoms with Crippen LogP contribution in [0.3, 0.4) is 0 Å². The van der Waals surface area contributed by atoms with Gasteiger partial charge in [0.25, 0.3) is 11.8 Å². The number of fused-ring (bicyclic) bond motifs is 4. The maximum absolute atomic E-state index is 14.1. The van der Waals surface area contributed by atoms with Crippen LogP contribution < -0.4 is 27.7 Å². The SMILES string of the molecule is Cc1cc(CC(OC(=O)N2CCC(n3cc(-c4ccccc4)[nH]c3=O)CC2)C(=O)N2CCN(C3CCCCC3)CC2)cc2[nH]c(=O)[nH]c12.Cc1cc(CC(OC(=O)N2CCC3(CC2)NC(=O)Nc2ccccc23)C(=O)N2CCN(C3CCCCC3)CC2)cc2[nH]c(=O)[nH]c12. The Labute approximate surface area is 545 Å². The van der Waals surface area contributed by atoms with Gasteiger partial charge in [-0.15, -0.1) is 0 Å². The zero-order valence-electron chi connectivity index (χ0n) is 54.0. The number of ether oxygens (including phenoxy) is 2. The minimum atomic E-state index is -1.01. The summed E-state index contributed by atoms with van der Waals surface area (Å²) >= 11 is 0. The van der Waals surface area contributed by atoms with E-state index < -0.39 is 29.9 Å². The van der Waals surface area contributed by atoms with Gasteiger partial charge in [0.05, 0.1) is 33.3 Å². The number of hydrogen-bond donors (Lipinski definition) is 7. The van der Waals surface area contributed by atoms with Crippen LogP contribution in [0.2, 0.25) is 0 Å². The van der Waals surface area contributed by atoms with Crippen molar-refractivity contribution >= 4 is 57.8 Å². The first kappa shape index (κ1) is 63.8. The largest absolute Gasteiger partial charge is 0.436 e. The summed E-state index contributed by atoms with van der Waals surface area (Å²) < 4.78 is 13.9. The number of hydrogen-bond acceptors (Lipinski definition) is 12. The number of rotatable bonds is 12. The number of likely N-dealkylation sites (tertiary alicyclic amines) is 2. The average Bonchev–Trinajstić information content (AvgIpc) is 1.01. The number of carbonyl (C=O) groups excluding carboxylic acids is 5. The maximum atomic E-state index is 14.1. The summed E-state index contributed by atoms with van der Waals surface area (Å²) in [5.41, 5.74) is 8.31. The van der Waals surface area contributed by atoms with Gasteiger partial charge in [-0.2, -0.15) is 0 Å². The maximum Gasteiger partial charge on any atom is 0.410 e. The molecule has 2 atom stereocenters. The second-order valence-electron chi connectivity index (χ2n) is 26.9. The zero-order chi connectivity index (χ0) is 65.0. The fourth-order valence-electron chi connectivity index (χ4n) is 15.8. The highest BCUT2D eigenvalue weighted by atomic mass is 16.6. The molecular formula is C70H88N14O10. The predicted molar refractivity (Wildman–Crippen MR) is 357 cm³/mol. The third-order valence-electron chi connectivity index (χ3n) is 20.9. The third-order valence-corrected chi connectivity index (χ3v) is 20.9. The normalized spacial score (nSPS) is 20.0. The van der Waals surface area contributed by atoms with E-state index >= 15 is 0 Å². The standard InChI is InChI=1S/C36H45N7O5.C34H43N7O5/c1-24-20-25(21-29-32(24)39-34(45)37-29)22-31(33(44)41-18-16-40(17-19-41)27-10-6-3-7-11-27)48-36(47)42-14-12-28(13-15-42)43-23-30(38-35(43)46)26-8-4-2-5-9-26;1-22-19-23(20-27-29(22)37-31(43)36-27)21-28(30(42)40-17-15-39(16-18-40)24-7-3-2-4-8-24)46-33(45)41-13-11-34(12-14-41)25-9-5-6-10-26(25)35-32(44)38-34/h2,4-5,8-9,20-21,23,27-28,31H,3,6-7,10-19,22H2,1H3,(H,38,46)(H2,37,39,45);5-6,9-10,19-20,24,28H,2-4,7-8,11-18,21H2,1H3,(H2,35,38,44)(H2,36,37,43). The van der Waals surface area contributed by atoms with Crippen LogP contribution in [0.15, 0.2) is 99.4 Å². The highest BCUT2D eigenvalue weighted by Crippen LogP contribution is 2.40. The Bertz CT molecular complexity index is 4050. The number of aromatic amines is 5. The average molecular weight is 1290 g/mol. The Morgan fingerprint density at radius 3 is 1.50 bits per heavy atom. The topological polar surface area (TPSA) is 282 Å². The van der Waals surface area contributed by atoms with Crippen LogP contribution in [0, 0.1) is 13.8 Å². The van der Waals surface area contributed by atoms with Crippen molar-refractivity contribution in [3.05, 3.63) is 144 Å². The van der Waals surface area contributed by atoms with Crippen molar-refractivity contribution in [1.29, 1.82) is 0 Å². The molecule has 7 aliphatic rings. The summed E-state index contributed by atoms with van der Waals surface area (Å²) in [6, 6.07) is 25.9. The number of benzene rings is 4. The number of piperazine rings is 2. The van der Waals surface area contributed by atoms with Crippen molar-refractivity contribution in [2.45, 2.75) is 152 Å². The van der Waals surface area contributed by atoms with Gasteiger partial charge in [-0.1, -0.05) is 99.2 Å². The Hall–Kier alpha value is -8.90. The third kappa shape index (κ3) is 14.1. The molecule has 8 heterocycles. The molecule has 94 heavy (non-hydrogen) atoms. The lowest BCUT2D eigenvalue weighted by molar-refractivity contribution is -0.143. The van der Waals surface area contributed by atoms with E-state index in [2.05, 4.69) is 45.4 Å². The number of urea groups is 1. The van der Waals surface area contributed by atoms with Crippen LogP contribution in [-0.4, -0.2) is 192 Å². The number of nitrogens with one attached hydrogen (secondary N) is 7. The van der Waals surface area contributed by atoms with E-state index in [9.17, 15) is 38.4 Å². The van der Waals surface area contributed by atoms with Crippen LogP contribution in [0.1, 0.15) is 124 Å². The number of nitrogens with zero attached hydrogens (tertiary/aromatic N) is 7. The lowest BCUT2D eigenvalue weighted by Gasteiger charge is -2.45. The van der Waals surface area contributed by atoms with E-state index in [-0.39, 0.29) is 53.8 Å². The molecule has 0 radical (unpaired) electrons. The molecule has 14 rings (SSSR count). The molecule has 7 aromatic rings. The smallest absolute Gasteiger partial charge is 0.410 e. The number of piperidine rings is 2. The molecule has 6 amide bonds. The first-order chi connectivity index (χ1) is 45.6. The van der Waals surface area contributed by atoms with Crippen molar-refractivity contribution in [2.75, 3.05) is 83.9 Å². The Balaban J connectivity index is 0.000000171. The first-order valence-electron chi connectivity index (χ1n) is 34.1. The van der Waals surface area contributed by atoms with Crippen molar-refractivity contribution < 1.29 is 33.4 Å². The number of para-hydroxylation sites is 1. The second-order valence-corrected chi connectivity index (χ2v) is 26.9. The summed E-state index contributed by atoms with van der Waals surface area (Å²) in [5, 5.41) is 5.98. The Kier molecular flexibility index (Phi) is 19.0. The van der Waals surface area contributed by atoms with E-state index in [0.717, 1.165) is 82.0 Å². The van der Waals surface area contributed by atoms with Crippen molar-refractivity contribution in [2.24, 2.45) is 0 Å². The van der Waals surface area contributed by atoms with Crippen LogP contribution in [0.4, 0.5) is 20.1 Å². The minimum Gasteiger partial charge on any atom is -0.436 e. The van der Waals surface area contributed by atoms with E-state index in [4.69, 9.17) is 9.47 Å². The highest BCUT2D eigenvalue weighted by Gasteiger charge is 2.44. The molecule has 4 saturated heterocycles. The van der Waals surface area contributed by atoms with Gasteiger partial charge >= 0.3 is 35.3 Å². The summed E-state index contributed by atoms with van der Waals surface area (Å²) in [4.78, 5) is 131. The number of carbonyl (C=O) groups is 5. The van der Waals surface area contributed by atoms with Crippen LogP contribution in [0.5, 0.6) is 0 Å². The van der Waals surface area contributed by atoms with Gasteiger partial charge in [-0.05, 0) is 111 Å². The summed E-state index contributed by atoms with van der Waals surface area (Å²) in [6.45, 7) is 11.1. The van der Waals surface area contributed by atoms with Gasteiger partial charge in [0.2, 0.25) is 0 Å². The molecular weight excluding hydrogens is 1200 g/mol. The molecule has 3 aromatic heterocycles. The van der Waals surface area contributed by atoms with Gasteiger partial charge in [0.15, 0.2) is 12.2 Å². The Morgan fingerprint density at radius 2 is 0.989 bits per heavy atom. The highest BCUT2D eigenvalue weighted by molar-refractivity contribution is 5.94. The molecule has 1 spiro atoms. The number of amides is 6. The molecule has 4 aromatic carbocycles. The summed E-state index contributed by atoms with van der Waals surface area (Å²) in [6.07, 6.45) is 14.0. The van der Waals surface area contributed by atoms with Crippen LogP contribution in [-0.2, 0) is 37.4 Å². The van der Waals surface area contributed by atoms with Gasteiger partial charge in [-0.3, -0.25) is 24.0 Å². The van der Waals surface area contributed by atoms with Gasteiger partial charge in [0.1, 0.15) is 0 Å². The molecule has 2 aliphatic carbocycles. The number of aromatic nitrogens is 6. The molecule has 24 nitrogen and oxygen atoms in total. The molecule has 0 bridgehead atoms. The number of anilines is 1. The van der Waals surface area contributed by atoms with E-state index in [0.29, 0.717) is 101 Å². The molecule has 7 N–H and O–H groups in total. The van der Waals surface area contributed by atoms with Crippen LogP contribution in [0.25, 0.3) is 33.3 Å². The summed E-state index contributed by atoms with van der Waals surface area (Å²) in [7, 11) is 0. The predicted octanol–water partition coefficient (Wildman–Crippen LogP) is 8.00. The fraction of sp³-hybridized carbons (Fsp3) is 0.514. The Morgan fingerprint density at radius 1 is 0.511 bits per heavy atom. The van der Waals surface area contributed by atoms with Gasteiger partial charge < -0.3 is 64.6 Å². The molecule has 6 fully saturated rings. The van der Waals surface area contributed by atoms with Gasteiger partial charge in [-0.25, -0.2) is 28.8 Å². The number of H-pyrrole nitrogens is 5. The molecule has 2 unspecified atom stereocenters.